The second-order valence-electron chi connectivity index (χ2n) is 5.40. The Labute approximate surface area is 157 Å². The van der Waals surface area contributed by atoms with Crippen molar-refractivity contribution in [3.8, 4) is 11.5 Å². The fourth-order valence-electron chi connectivity index (χ4n) is 2.30. The van der Waals surface area contributed by atoms with Gasteiger partial charge in [-0.2, -0.15) is 0 Å². The highest BCUT2D eigenvalue weighted by atomic mass is 32.2. The highest BCUT2D eigenvalue weighted by Crippen LogP contribution is 2.24. The number of carboxylic acids is 1. The Bertz CT molecular complexity index is 927. The van der Waals surface area contributed by atoms with Crippen molar-refractivity contribution in [1.82, 2.24) is 5.32 Å². The Morgan fingerprint density at radius 2 is 1.56 bits per heavy atom. The number of amides is 1. The Balaban J connectivity index is 1.79. The summed E-state index contributed by atoms with van der Waals surface area (Å²) in [6.07, 6.45) is 0. The van der Waals surface area contributed by atoms with Crippen molar-refractivity contribution in [3.63, 3.8) is 0 Å². The van der Waals surface area contributed by atoms with E-state index in [0.29, 0.717) is 0 Å². The lowest BCUT2D eigenvalue weighted by Gasteiger charge is -2.13. The van der Waals surface area contributed by atoms with E-state index in [1.165, 1.54) is 36.4 Å². The van der Waals surface area contributed by atoms with Crippen LogP contribution in [-0.2, 0) is 4.79 Å². The molecule has 1 unspecified atom stereocenters. The molecule has 2 aromatic carbocycles. The van der Waals surface area contributed by atoms with Gasteiger partial charge in [-0.15, -0.1) is 0 Å². The number of benzene rings is 2. The number of hydrogen-bond donors (Lipinski definition) is 2. The topological polar surface area (TPSA) is 119 Å². The maximum atomic E-state index is 12.5. The van der Waals surface area contributed by atoms with Gasteiger partial charge in [0.15, 0.2) is 0 Å². The molecule has 1 amide bonds. The van der Waals surface area contributed by atoms with Crippen LogP contribution >= 0.6 is 11.8 Å². The molecule has 2 N–H and O–H groups in total. The van der Waals surface area contributed by atoms with Crippen LogP contribution < -0.4 is 14.8 Å². The van der Waals surface area contributed by atoms with E-state index in [1.807, 2.05) is 0 Å². The summed E-state index contributed by atoms with van der Waals surface area (Å²) >= 11 is 0.963. The Morgan fingerprint density at radius 1 is 0.963 bits per heavy atom. The first-order valence-electron chi connectivity index (χ1n) is 7.74. The highest BCUT2D eigenvalue weighted by Gasteiger charge is 2.30. The van der Waals surface area contributed by atoms with Gasteiger partial charge in [-0.3, -0.25) is 4.79 Å². The largest absolute Gasteiger partial charge is 0.478 e. The summed E-state index contributed by atoms with van der Waals surface area (Å²) in [4.78, 5) is 47.1. The van der Waals surface area contributed by atoms with Crippen LogP contribution in [0.2, 0.25) is 0 Å². The number of thioether (sulfide) groups is 1. The zero-order valence-electron chi connectivity index (χ0n) is 13.7. The molecule has 0 spiro atoms. The smallest absolute Gasteiger partial charge is 0.347 e. The summed E-state index contributed by atoms with van der Waals surface area (Å²) in [7, 11) is 0. The first-order valence-corrected chi connectivity index (χ1v) is 8.73. The SMILES string of the molecule is O=C1NC(C(=O)Oc2ccccc2C(=O)Oc2ccccc2C(=O)O)CS1. The third-order valence-corrected chi connectivity index (χ3v) is 4.48. The molecule has 9 heteroatoms. The van der Waals surface area contributed by atoms with Crippen LogP contribution in [0.3, 0.4) is 0 Å². The molecule has 1 aliphatic heterocycles. The zero-order chi connectivity index (χ0) is 19.4. The lowest BCUT2D eigenvalue weighted by Crippen LogP contribution is -2.37. The van der Waals surface area contributed by atoms with Gasteiger partial charge in [0, 0.05) is 5.75 Å². The van der Waals surface area contributed by atoms with Gasteiger partial charge in [0.05, 0.1) is 0 Å². The first-order chi connectivity index (χ1) is 13.0. The van der Waals surface area contributed by atoms with E-state index in [1.54, 1.807) is 12.1 Å². The van der Waals surface area contributed by atoms with Gasteiger partial charge in [-0.05, 0) is 24.3 Å². The first kappa shape index (κ1) is 18.5. The number of ether oxygens (including phenoxy) is 2. The van der Waals surface area contributed by atoms with E-state index in [0.717, 1.165) is 11.8 Å². The highest BCUT2D eigenvalue weighted by molar-refractivity contribution is 8.14. The summed E-state index contributed by atoms with van der Waals surface area (Å²) in [6, 6.07) is 10.8. The number of nitrogens with one attached hydrogen (secondary N) is 1. The molecule has 0 radical (unpaired) electrons. The fourth-order valence-corrected chi connectivity index (χ4v) is 3.07. The van der Waals surface area contributed by atoms with Crippen molar-refractivity contribution in [1.29, 1.82) is 0 Å². The summed E-state index contributed by atoms with van der Waals surface area (Å²) in [5, 5.41) is 11.3. The number of rotatable bonds is 5. The van der Waals surface area contributed by atoms with Crippen LogP contribution in [0.4, 0.5) is 4.79 Å². The van der Waals surface area contributed by atoms with Crippen molar-refractivity contribution in [2.75, 3.05) is 5.75 Å². The molecule has 27 heavy (non-hydrogen) atoms. The van der Waals surface area contributed by atoms with Crippen molar-refractivity contribution >= 4 is 34.9 Å². The number of aromatic carboxylic acids is 1. The van der Waals surface area contributed by atoms with E-state index in [2.05, 4.69) is 5.32 Å². The molecule has 8 nitrogen and oxygen atoms in total. The number of esters is 2. The van der Waals surface area contributed by atoms with Crippen LogP contribution in [0.1, 0.15) is 20.7 Å². The molecule has 0 aromatic heterocycles. The molecule has 2 aromatic rings. The van der Waals surface area contributed by atoms with Gasteiger partial charge in [0.25, 0.3) is 5.24 Å². The Kier molecular flexibility index (Phi) is 5.41. The number of para-hydroxylation sites is 2. The molecule has 1 aliphatic rings. The summed E-state index contributed by atoms with van der Waals surface area (Å²) < 4.78 is 10.4. The second-order valence-corrected chi connectivity index (χ2v) is 6.40. The maximum absolute atomic E-state index is 12.5. The summed E-state index contributed by atoms with van der Waals surface area (Å²) in [5.41, 5.74) is -0.228. The quantitative estimate of drug-likeness (QED) is 0.593. The Morgan fingerprint density at radius 3 is 2.15 bits per heavy atom. The molecular formula is C18H13NO7S. The molecule has 1 heterocycles. The van der Waals surface area contributed by atoms with Crippen molar-refractivity contribution in [2.45, 2.75) is 6.04 Å². The van der Waals surface area contributed by atoms with Crippen molar-refractivity contribution in [3.05, 3.63) is 59.7 Å². The third kappa shape index (κ3) is 4.26. The molecule has 3 rings (SSSR count). The number of carbonyl (C=O) groups is 4. The van der Waals surface area contributed by atoms with Crippen LogP contribution in [0.5, 0.6) is 11.5 Å². The van der Waals surface area contributed by atoms with E-state index < -0.39 is 23.9 Å². The molecule has 0 bridgehead atoms. The average Bonchev–Trinajstić information content (AvgIpc) is 3.09. The molecule has 1 fully saturated rings. The predicted molar refractivity (Wildman–Crippen MR) is 95.2 cm³/mol. The van der Waals surface area contributed by atoms with E-state index in [-0.39, 0.29) is 33.6 Å². The summed E-state index contributed by atoms with van der Waals surface area (Å²) in [6.45, 7) is 0. The lowest BCUT2D eigenvalue weighted by atomic mass is 10.2. The number of carbonyl (C=O) groups excluding carboxylic acids is 3. The van der Waals surface area contributed by atoms with Gasteiger partial charge in [-0.25, -0.2) is 14.4 Å². The second kappa shape index (κ2) is 7.92. The molecule has 0 aliphatic carbocycles. The van der Waals surface area contributed by atoms with E-state index in [4.69, 9.17) is 14.6 Å². The number of carboxylic acid groups (broad SMARTS) is 1. The minimum Gasteiger partial charge on any atom is -0.478 e. The van der Waals surface area contributed by atoms with Gasteiger partial charge >= 0.3 is 17.9 Å². The van der Waals surface area contributed by atoms with Crippen LogP contribution in [0, 0.1) is 0 Å². The van der Waals surface area contributed by atoms with Gasteiger partial charge in [-0.1, -0.05) is 36.0 Å². The molecule has 0 saturated carbocycles. The van der Waals surface area contributed by atoms with Crippen molar-refractivity contribution < 1.29 is 33.8 Å². The minimum absolute atomic E-state index is 0.0496. The van der Waals surface area contributed by atoms with E-state index >= 15 is 0 Å². The molecule has 138 valence electrons. The molecule has 1 saturated heterocycles. The van der Waals surface area contributed by atoms with Gasteiger partial charge in [0.2, 0.25) is 0 Å². The third-order valence-electron chi connectivity index (χ3n) is 3.60. The van der Waals surface area contributed by atoms with E-state index in [9.17, 15) is 19.2 Å². The maximum Gasteiger partial charge on any atom is 0.347 e. The van der Waals surface area contributed by atoms with Crippen LogP contribution in [-0.4, -0.2) is 40.0 Å². The fraction of sp³-hybridized carbons (Fsp3) is 0.111. The average molecular weight is 387 g/mol. The van der Waals surface area contributed by atoms with Crippen LogP contribution in [0.15, 0.2) is 48.5 Å². The predicted octanol–water partition coefficient (Wildman–Crippen LogP) is 2.33. The standard InChI is InChI=1S/C18H13NO7S/c20-15(21)10-5-1-3-7-13(10)25-16(22)11-6-2-4-8-14(11)26-17(23)12-9-27-18(24)19-12/h1-8,12H,9H2,(H,19,24)(H,20,21). The number of hydrogen-bond acceptors (Lipinski definition) is 7. The normalized spacial score (nSPS) is 15.7. The van der Waals surface area contributed by atoms with Gasteiger partial charge in [0.1, 0.15) is 28.7 Å². The van der Waals surface area contributed by atoms with Gasteiger partial charge < -0.3 is 19.9 Å². The van der Waals surface area contributed by atoms with Crippen LogP contribution in [0.25, 0.3) is 0 Å². The lowest BCUT2D eigenvalue weighted by molar-refractivity contribution is -0.135. The van der Waals surface area contributed by atoms with Crippen molar-refractivity contribution in [2.24, 2.45) is 0 Å². The molecular weight excluding hydrogens is 374 g/mol. The monoisotopic (exact) mass is 387 g/mol. The minimum atomic E-state index is -1.24. The Hall–Kier alpha value is -3.33. The molecule has 1 atom stereocenters. The summed E-state index contributed by atoms with van der Waals surface area (Å²) in [5.74, 6) is -2.78. The zero-order valence-corrected chi connectivity index (χ0v) is 14.5.